The van der Waals surface area contributed by atoms with Gasteiger partial charge in [0.2, 0.25) is 0 Å². The van der Waals surface area contributed by atoms with Crippen LogP contribution in [0.3, 0.4) is 0 Å². The Labute approximate surface area is 143 Å². The lowest BCUT2D eigenvalue weighted by molar-refractivity contribution is -0.902. The second-order valence-corrected chi connectivity index (χ2v) is 7.39. The third-order valence-corrected chi connectivity index (χ3v) is 6.32. The highest BCUT2D eigenvalue weighted by atomic mass is 16.6. The Hall–Kier alpha value is -2.35. The molecule has 0 amide bonds. The number of hydroxylamine groups is 3. The molecule has 130 valence electrons. The van der Waals surface area contributed by atoms with Crippen LogP contribution in [0.1, 0.15) is 17.5 Å². The molecule has 2 aliphatic carbocycles. The summed E-state index contributed by atoms with van der Waals surface area (Å²) in [5.41, 5.74) is -0.900. The van der Waals surface area contributed by atoms with Gasteiger partial charge in [-0.25, -0.2) is 0 Å². The maximum Gasteiger partial charge on any atom is 0.298 e. The van der Waals surface area contributed by atoms with E-state index in [1.807, 2.05) is 0 Å². The van der Waals surface area contributed by atoms with E-state index in [1.54, 1.807) is 19.2 Å². The second kappa shape index (κ2) is 4.24. The van der Waals surface area contributed by atoms with Crippen LogP contribution in [-0.4, -0.2) is 46.6 Å². The van der Waals surface area contributed by atoms with Gasteiger partial charge >= 0.3 is 0 Å². The Balaban J connectivity index is 1.88. The van der Waals surface area contributed by atoms with Crippen molar-refractivity contribution in [2.75, 3.05) is 13.6 Å². The SMILES string of the molecule is C[N+]1([O-])CC[C@]23C4=C(O)C=CC2(O)C1Cc1ccc(OC=O)c(c13)O4. The monoisotopic (exact) mass is 343 g/mol. The first-order valence-corrected chi connectivity index (χ1v) is 8.21. The second-order valence-electron chi connectivity index (χ2n) is 7.39. The molecule has 7 nitrogen and oxygen atoms in total. The van der Waals surface area contributed by atoms with Crippen molar-refractivity contribution in [3.63, 3.8) is 0 Å². The summed E-state index contributed by atoms with van der Waals surface area (Å²) in [6.45, 7) is 0.608. The number of aliphatic hydroxyl groups is 2. The predicted molar refractivity (Wildman–Crippen MR) is 85.7 cm³/mol. The molecule has 2 bridgehead atoms. The van der Waals surface area contributed by atoms with Gasteiger partial charge in [-0.3, -0.25) is 4.79 Å². The number of hydrogen-bond donors (Lipinski definition) is 2. The number of likely N-dealkylation sites (tertiary alicyclic amines) is 1. The number of benzene rings is 1. The number of ether oxygens (including phenoxy) is 2. The van der Waals surface area contributed by atoms with Crippen LogP contribution >= 0.6 is 0 Å². The highest BCUT2D eigenvalue weighted by Gasteiger charge is 2.72. The molecule has 0 saturated carbocycles. The number of aliphatic hydroxyl groups excluding tert-OH is 1. The molecule has 4 aliphatic rings. The molecular weight excluding hydrogens is 326 g/mol. The molecule has 7 heteroatoms. The molecule has 3 unspecified atom stereocenters. The zero-order valence-electron chi connectivity index (χ0n) is 13.6. The fourth-order valence-electron chi connectivity index (χ4n) is 5.22. The van der Waals surface area contributed by atoms with Crippen LogP contribution in [0.2, 0.25) is 0 Å². The standard InChI is InChI=1S/C18H17NO6/c1-19(23)7-6-17-14-10-2-3-12(24-9-20)15(14)25-16(17)11(21)4-5-18(17,22)13(19)8-10/h2-5,9,13,21-22H,6-8H2,1H3/t13?,17-,18?,19?/m0/s1. The summed E-state index contributed by atoms with van der Waals surface area (Å²) in [4.78, 5) is 10.8. The van der Waals surface area contributed by atoms with Gasteiger partial charge in [-0.1, -0.05) is 6.07 Å². The van der Waals surface area contributed by atoms with Gasteiger partial charge in [-0.05, 0) is 23.8 Å². The fourth-order valence-corrected chi connectivity index (χ4v) is 5.22. The van der Waals surface area contributed by atoms with Crippen LogP contribution in [0.25, 0.3) is 0 Å². The summed E-state index contributed by atoms with van der Waals surface area (Å²) in [7, 11) is 1.58. The summed E-state index contributed by atoms with van der Waals surface area (Å²) in [6.07, 6.45) is 3.62. The fraction of sp³-hybridized carbons (Fsp3) is 0.389. The molecule has 0 radical (unpaired) electrons. The number of piperidine rings is 1. The van der Waals surface area contributed by atoms with Crippen molar-refractivity contribution in [1.29, 1.82) is 0 Å². The van der Waals surface area contributed by atoms with Crippen molar-refractivity contribution in [2.24, 2.45) is 0 Å². The molecule has 2 N–H and O–H groups in total. The van der Waals surface area contributed by atoms with Crippen LogP contribution < -0.4 is 9.47 Å². The van der Waals surface area contributed by atoms with Gasteiger partial charge in [0, 0.05) is 18.4 Å². The van der Waals surface area contributed by atoms with E-state index in [9.17, 15) is 20.2 Å². The predicted octanol–water partition coefficient (Wildman–Crippen LogP) is 1.20. The molecule has 5 rings (SSSR count). The third-order valence-electron chi connectivity index (χ3n) is 6.32. The molecule has 1 aromatic rings. The first-order valence-electron chi connectivity index (χ1n) is 8.21. The van der Waals surface area contributed by atoms with Crippen molar-refractivity contribution in [3.05, 3.63) is 52.1 Å². The van der Waals surface area contributed by atoms with Crippen LogP contribution in [0.15, 0.2) is 35.8 Å². The average molecular weight is 343 g/mol. The summed E-state index contributed by atoms with van der Waals surface area (Å²) in [5, 5.41) is 35.1. The zero-order valence-corrected chi connectivity index (χ0v) is 13.6. The van der Waals surface area contributed by atoms with Gasteiger partial charge in [0.15, 0.2) is 28.6 Å². The normalized spacial score (nSPS) is 39.7. The molecule has 1 fully saturated rings. The van der Waals surface area contributed by atoms with E-state index in [4.69, 9.17) is 9.47 Å². The van der Waals surface area contributed by atoms with Crippen molar-refractivity contribution in [1.82, 2.24) is 0 Å². The lowest BCUT2D eigenvalue weighted by Gasteiger charge is -2.63. The first-order chi connectivity index (χ1) is 11.8. The van der Waals surface area contributed by atoms with E-state index < -0.39 is 21.7 Å². The highest BCUT2D eigenvalue weighted by Crippen LogP contribution is 2.66. The summed E-state index contributed by atoms with van der Waals surface area (Å²) in [6, 6.07) is 2.82. The van der Waals surface area contributed by atoms with Crippen molar-refractivity contribution in [2.45, 2.75) is 29.9 Å². The quantitative estimate of drug-likeness (QED) is 0.475. The Kier molecular flexibility index (Phi) is 2.54. The molecule has 2 aliphatic heterocycles. The lowest BCUT2D eigenvalue weighted by atomic mass is 9.53. The van der Waals surface area contributed by atoms with Gasteiger partial charge in [-0.15, -0.1) is 0 Å². The molecular formula is C18H17NO6. The average Bonchev–Trinajstić information content (AvgIpc) is 2.93. The van der Waals surface area contributed by atoms with Gasteiger partial charge in [0.1, 0.15) is 11.5 Å². The van der Waals surface area contributed by atoms with E-state index in [-0.39, 0.29) is 17.3 Å². The van der Waals surface area contributed by atoms with E-state index in [0.29, 0.717) is 31.6 Å². The molecule has 0 aromatic heterocycles. The van der Waals surface area contributed by atoms with Gasteiger partial charge < -0.3 is 29.5 Å². The molecule has 1 spiro atoms. The van der Waals surface area contributed by atoms with Crippen molar-refractivity contribution < 1.29 is 29.1 Å². The number of nitrogens with zero attached hydrogens (tertiary/aromatic N) is 1. The van der Waals surface area contributed by atoms with Crippen LogP contribution in [0, 0.1) is 5.21 Å². The minimum atomic E-state index is -1.47. The molecule has 25 heavy (non-hydrogen) atoms. The lowest BCUT2D eigenvalue weighted by Crippen LogP contribution is -2.75. The highest BCUT2D eigenvalue weighted by molar-refractivity contribution is 5.69. The first kappa shape index (κ1) is 14.9. The number of rotatable bonds is 2. The maximum atomic E-state index is 13.1. The smallest absolute Gasteiger partial charge is 0.298 e. The number of likely N-dealkylation sites (N-methyl/N-ethyl adjacent to an activating group) is 1. The number of carbonyl (C=O) groups excluding carboxylic acids is 1. The van der Waals surface area contributed by atoms with E-state index in [2.05, 4.69) is 0 Å². The third kappa shape index (κ3) is 1.46. The Morgan fingerprint density at radius 3 is 3.04 bits per heavy atom. The van der Waals surface area contributed by atoms with Gasteiger partial charge in [-0.2, -0.15) is 0 Å². The maximum absolute atomic E-state index is 13.1. The molecule has 1 saturated heterocycles. The minimum absolute atomic E-state index is 0.0773. The number of carbonyl (C=O) groups is 1. The molecule has 4 atom stereocenters. The van der Waals surface area contributed by atoms with Crippen LogP contribution in [0.5, 0.6) is 11.5 Å². The zero-order chi connectivity index (χ0) is 17.6. The summed E-state index contributed by atoms with van der Waals surface area (Å²) in [5.74, 6) is 0.740. The number of allylic oxidation sites excluding steroid dienone is 1. The summed E-state index contributed by atoms with van der Waals surface area (Å²) >= 11 is 0. The number of hydrogen-bond acceptors (Lipinski definition) is 6. The Morgan fingerprint density at radius 1 is 1.48 bits per heavy atom. The summed E-state index contributed by atoms with van der Waals surface area (Å²) < 4.78 is 10.4. The van der Waals surface area contributed by atoms with Crippen LogP contribution in [-0.2, 0) is 16.6 Å². The Morgan fingerprint density at radius 2 is 2.28 bits per heavy atom. The van der Waals surface area contributed by atoms with Crippen LogP contribution in [0.4, 0.5) is 0 Å². The molecule has 1 aromatic carbocycles. The number of quaternary nitrogens is 1. The van der Waals surface area contributed by atoms with Crippen molar-refractivity contribution >= 4 is 6.47 Å². The largest absolute Gasteiger partial charge is 0.633 e. The van der Waals surface area contributed by atoms with Crippen molar-refractivity contribution in [3.8, 4) is 11.5 Å². The Bertz CT molecular complexity index is 888. The minimum Gasteiger partial charge on any atom is -0.633 e. The van der Waals surface area contributed by atoms with E-state index in [0.717, 1.165) is 11.1 Å². The van der Waals surface area contributed by atoms with Gasteiger partial charge in [0.25, 0.3) is 6.47 Å². The van der Waals surface area contributed by atoms with Gasteiger partial charge in [0.05, 0.1) is 13.6 Å². The van der Waals surface area contributed by atoms with E-state index in [1.165, 1.54) is 12.2 Å². The topological polar surface area (TPSA) is 99.0 Å². The molecule has 2 heterocycles. The van der Waals surface area contributed by atoms with E-state index >= 15 is 0 Å².